The SMILES string of the molecule is COCCCN1CC(O)(C(C)C)C1. The van der Waals surface area contributed by atoms with Gasteiger partial charge in [-0.1, -0.05) is 13.8 Å². The first-order valence-electron chi connectivity index (χ1n) is 5.02. The van der Waals surface area contributed by atoms with Crippen LogP contribution in [0.2, 0.25) is 0 Å². The lowest BCUT2D eigenvalue weighted by Crippen LogP contribution is -2.64. The lowest BCUT2D eigenvalue weighted by Gasteiger charge is -2.49. The highest BCUT2D eigenvalue weighted by atomic mass is 16.5. The second-order valence-electron chi connectivity index (χ2n) is 4.32. The van der Waals surface area contributed by atoms with E-state index in [0.717, 1.165) is 32.7 Å². The van der Waals surface area contributed by atoms with Gasteiger partial charge in [0.15, 0.2) is 0 Å². The third-order valence-electron chi connectivity index (χ3n) is 2.89. The summed E-state index contributed by atoms with van der Waals surface area (Å²) in [6.45, 7) is 7.67. The summed E-state index contributed by atoms with van der Waals surface area (Å²) in [6.07, 6.45) is 1.06. The molecule has 0 bridgehead atoms. The Balaban J connectivity index is 2.10. The molecule has 1 aliphatic heterocycles. The number of ether oxygens (including phenoxy) is 1. The van der Waals surface area contributed by atoms with Crippen LogP contribution in [0.25, 0.3) is 0 Å². The minimum Gasteiger partial charge on any atom is -0.387 e. The van der Waals surface area contributed by atoms with Gasteiger partial charge in [0.2, 0.25) is 0 Å². The molecule has 1 fully saturated rings. The van der Waals surface area contributed by atoms with E-state index in [-0.39, 0.29) is 0 Å². The molecule has 0 aromatic rings. The van der Waals surface area contributed by atoms with Crippen molar-refractivity contribution in [1.29, 1.82) is 0 Å². The van der Waals surface area contributed by atoms with E-state index in [9.17, 15) is 5.11 Å². The molecule has 0 spiro atoms. The summed E-state index contributed by atoms with van der Waals surface area (Å²) in [7, 11) is 1.72. The summed E-state index contributed by atoms with van der Waals surface area (Å²) in [5, 5.41) is 9.94. The minimum absolute atomic E-state index is 0.367. The number of likely N-dealkylation sites (tertiary alicyclic amines) is 1. The summed E-state index contributed by atoms with van der Waals surface area (Å²) in [6, 6.07) is 0. The van der Waals surface area contributed by atoms with E-state index in [1.54, 1.807) is 7.11 Å². The van der Waals surface area contributed by atoms with Crippen molar-refractivity contribution in [3.05, 3.63) is 0 Å². The van der Waals surface area contributed by atoms with Gasteiger partial charge < -0.3 is 9.84 Å². The van der Waals surface area contributed by atoms with Gasteiger partial charge in [0.1, 0.15) is 0 Å². The Morgan fingerprint density at radius 1 is 1.46 bits per heavy atom. The first kappa shape index (κ1) is 11.0. The van der Waals surface area contributed by atoms with Gasteiger partial charge in [0.05, 0.1) is 5.60 Å². The van der Waals surface area contributed by atoms with Crippen molar-refractivity contribution in [3.63, 3.8) is 0 Å². The Hall–Kier alpha value is -0.120. The number of rotatable bonds is 5. The summed E-state index contributed by atoms with van der Waals surface area (Å²) in [4.78, 5) is 2.28. The topological polar surface area (TPSA) is 32.7 Å². The van der Waals surface area contributed by atoms with E-state index < -0.39 is 5.60 Å². The Bertz CT molecular complexity index is 153. The van der Waals surface area contributed by atoms with E-state index in [1.807, 2.05) is 0 Å². The molecule has 78 valence electrons. The zero-order valence-corrected chi connectivity index (χ0v) is 8.92. The van der Waals surface area contributed by atoms with Gasteiger partial charge in [-0.15, -0.1) is 0 Å². The van der Waals surface area contributed by atoms with Crippen LogP contribution in [-0.2, 0) is 4.74 Å². The molecule has 3 heteroatoms. The number of methoxy groups -OCH3 is 1. The normalized spacial score (nSPS) is 21.9. The van der Waals surface area contributed by atoms with Crippen molar-refractivity contribution in [2.45, 2.75) is 25.9 Å². The predicted octanol–water partition coefficient (Wildman–Crippen LogP) is 0.726. The first-order valence-corrected chi connectivity index (χ1v) is 5.02. The predicted molar refractivity (Wildman–Crippen MR) is 52.7 cm³/mol. The third-order valence-corrected chi connectivity index (χ3v) is 2.89. The molecule has 1 heterocycles. The van der Waals surface area contributed by atoms with Crippen LogP contribution in [0, 0.1) is 5.92 Å². The van der Waals surface area contributed by atoms with E-state index in [2.05, 4.69) is 18.7 Å². The molecule has 3 nitrogen and oxygen atoms in total. The second kappa shape index (κ2) is 4.40. The quantitative estimate of drug-likeness (QED) is 0.644. The van der Waals surface area contributed by atoms with Crippen LogP contribution >= 0.6 is 0 Å². The van der Waals surface area contributed by atoms with Gasteiger partial charge in [-0.3, -0.25) is 4.90 Å². The van der Waals surface area contributed by atoms with Crippen molar-refractivity contribution >= 4 is 0 Å². The van der Waals surface area contributed by atoms with Crippen molar-refractivity contribution in [3.8, 4) is 0 Å². The van der Waals surface area contributed by atoms with Crippen LogP contribution < -0.4 is 0 Å². The highest BCUT2D eigenvalue weighted by molar-refractivity contribution is 4.97. The van der Waals surface area contributed by atoms with Crippen LogP contribution in [0.3, 0.4) is 0 Å². The van der Waals surface area contributed by atoms with E-state index in [4.69, 9.17) is 4.74 Å². The highest BCUT2D eigenvalue weighted by Crippen LogP contribution is 2.28. The molecule has 0 aromatic carbocycles. The number of β-amino-alcohol motifs (C(OH)–C–C–N with tert-alkyl or cyclic N) is 1. The fourth-order valence-electron chi connectivity index (χ4n) is 1.68. The number of hydrogen-bond acceptors (Lipinski definition) is 3. The molecule has 0 amide bonds. The molecule has 0 aliphatic carbocycles. The van der Waals surface area contributed by atoms with E-state index in [0.29, 0.717) is 5.92 Å². The summed E-state index contributed by atoms with van der Waals surface area (Å²) in [5.41, 5.74) is -0.424. The van der Waals surface area contributed by atoms with Crippen molar-refractivity contribution in [2.75, 3.05) is 33.4 Å². The molecule has 1 rings (SSSR count). The molecule has 1 saturated heterocycles. The van der Waals surface area contributed by atoms with Crippen LogP contribution in [0.1, 0.15) is 20.3 Å². The molecular formula is C10H21NO2. The van der Waals surface area contributed by atoms with Crippen LogP contribution in [-0.4, -0.2) is 49.0 Å². The summed E-state index contributed by atoms with van der Waals surface area (Å²) in [5.74, 6) is 0.367. The fourth-order valence-corrected chi connectivity index (χ4v) is 1.68. The molecule has 0 radical (unpaired) electrons. The van der Waals surface area contributed by atoms with Crippen molar-refractivity contribution in [2.24, 2.45) is 5.92 Å². The van der Waals surface area contributed by atoms with Crippen LogP contribution in [0.5, 0.6) is 0 Å². The van der Waals surface area contributed by atoms with E-state index in [1.165, 1.54) is 0 Å². The molecule has 1 N–H and O–H groups in total. The average Bonchev–Trinajstić information content (AvgIpc) is 2.01. The van der Waals surface area contributed by atoms with E-state index >= 15 is 0 Å². The molecule has 1 aliphatic rings. The van der Waals surface area contributed by atoms with Gasteiger partial charge in [-0.25, -0.2) is 0 Å². The largest absolute Gasteiger partial charge is 0.387 e. The molecule has 13 heavy (non-hydrogen) atoms. The van der Waals surface area contributed by atoms with Gasteiger partial charge in [0.25, 0.3) is 0 Å². The molecule has 0 atom stereocenters. The number of aliphatic hydroxyl groups is 1. The maximum Gasteiger partial charge on any atom is 0.0922 e. The Morgan fingerprint density at radius 3 is 2.54 bits per heavy atom. The molecular weight excluding hydrogens is 166 g/mol. The molecule has 0 unspecified atom stereocenters. The maximum atomic E-state index is 9.94. The Labute approximate surface area is 80.7 Å². The maximum absolute atomic E-state index is 9.94. The van der Waals surface area contributed by atoms with Gasteiger partial charge in [-0.05, 0) is 12.3 Å². The first-order chi connectivity index (χ1) is 6.08. The van der Waals surface area contributed by atoms with Crippen LogP contribution in [0.15, 0.2) is 0 Å². The van der Waals surface area contributed by atoms with Crippen molar-refractivity contribution < 1.29 is 9.84 Å². The zero-order chi connectivity index (χ0) is 9.90. The third kappa shape index (κ3) is 2.66. The monoisotopic (exact) mass is 187 g/mol. The van der Waals surface area contributed by atoms with Gasteiger partial charge >= 0.3 is 0 Å². The fraction of sp³-hybridized carbons (Fsp3) is 1.00. The van der Waals surface area contributed by atoms with Gasteiger partial charge in [0, 0.05) is 33.4 Å². The Kier molecular flexibility index (Phi) is 3.71. The summed E-state index contributed by atoms with van der Waals surface area (Å²) < 4.78 is 4.97. The van der Waals surface area contributed by atoms with Crippen LogP contribution in [0.4, 0.5) is 0 Å². The number of hydrogen-bond donors (Lipinski definition) is 1. The Morgan fingerprint density at radius 2 is 2.08 bits per heavy atom. The smallest absolute Gasteiger partial charge is 0.0922 e. The molecule has 0 aromatic heterocycles. The minimum atomic E-state index is -0.424. The lowest BCUT2D eigenvalue weighted by molar-refractivity contribution is -0.128. The molecule has 0 saturated carbocycles. The lowest BCUT2D eigenvalue weighted by atomic mass is 9.83. The highest BCUT2D eigenvalue weighted by Gasteiger charge is 2.42. The number of nitrogens with zero attached hydrogens (tertiary/aromatic N) is 1. The summed E-state index contributed by atoms with van der Waals surface area (Å²) >= 11 is 0. The zero-order valence-electron chi connectivity index (χ0n) is 8.92. The second-order valence-corrected chi connectivity index (χ2v) is 4.32. The van der Waals surface area contributed by atoms with Crippen molar-refractivity contribution in [1.82, 2.24) is 4.90 Å². The average molecular weight is 187 g/mol. The van der Waals surface area contributed by atoms with Gasteiger partial charge in [-0.2, -0.15) is 0 Å². The standard InChI is InChI=1S/C10H21NO2/c1-9(2)10(12)7-11(8-10)5-4-6-13-3/h9,12H,4-8H2,1-3H3.